The first kappa shape index (κ1) is 13.9. The lowest BCUT2D eigenvalue weighted by Gasteiger charge is -2.10. The molecule has 0 unspecified atom stereocenters. The quantitative estimate of drug-likeness (QED) is 0.694. The Bertz CT molecular complexity index is 727. The van der Waals surface area contributed by atoms with Gasteiger partial charge in [0.15, 0.2) is 6.29 Å². The molecule has 0 saturated heterocycles. The van der Waals surface area contributed by atoms with Gasteiger partial charge < -0.3 is 5.32 Å². The lowest BCUT2D eigenvalue weighted by Crippen LogP contribution is -2.04. The molecule has 0 amide bonds. The molecule has 0 atom stereocenters. The van der Waals surface area contributed by atoms with Gasteiger partial charge >= 0.3 is 0 Å². The molecule has 1 heterocycles. The average Bonchev–Trinajstić information content (AvgIpc) is 2.40. The van der Waals surface area contributed by atoms with Crippen LogP contribution in [0.1, 0.15) is 21.7 Å². The van der Waals surface area contributed by atoms with E-state index in [1.54, 1.807) is 6.92 Å². The number of carbonyl (C=O) groups excluding carboxylic acids is 1. The predicted molar refractivity (Wildman–Crippen MR) is 71.6 cm³/mol. The van der Waals surface area contributed by atoms with Crippen molar-refractivity contribution in [3.8, 4) is 6.07 Å². The Morgan fingerprint density at radius 1 is 1.45 bits per heavy atom. The van der Waals surface area contributed by atoms with E-state index in [1.807, 2.05) is 6.07 Å². The van der Waals surface area contributed by atoms with Gasteiger partial charge in [0.2, 0.25) is 0 Å². The zero-order valence-corrected chi connectivity index (χ0v) is 11.1. The van der Waals surface area contributed by atoms with Crippen LogP contribution >= 0.6 is 11.6 Å². The molecular weight excluding hydrogens is 283 g/mol. The summed E-state index contributed by atoms with van der Waals surface area (Å²) in [6.45, 7) is 1.61. The lowest BCUT2D eigenvalue weighted by molar-refractivity contribution is 0.112. The number of rotatable bonds is 3. The molecule has 0 fully saturated rings. The highest BCUT2D eigenvalue weighted by Crippen LogP contribution is 2.25. The SMILES string of the molecule is Cc1nc(Cl)c(C=O)c(Nc2ccc(F)cc2C#N)n1. The third-order valence-corrected chi connectivity index (χ3v) is 2.77. The lowest BCUT2D eigenvalue weighted by atomic mass is 10.2. The van der Waals surface area contributed by atoms with Gasteiger partial charge in [0, 0.05) is 0 Å². The molecule has 7 heteroatoms. The number of aldehydes is 1. The van der Waals surface area contributed by atoms with E-state index in [2.05, 4.69) is 15.3 Å². The molecule has 1 N–H and O–H groups in total. The fourth-order valence-corrected chi connectivity index (χ4v) is 1.85. The van der Waals surface area contributed by atoms with Crippen molar-refractivity contribution >= 4 is 29.4 Å². The van der Waals surface area contributed by atoms with Gasteiger partial charge in [0.1, 0.15) is 28.7 Å². The average molecular weight is 291 g/mol. The van der Waals surface area contributed by atoms with Crippen LogP contribution in [-0.4, -0.2) is 16.3 Å². The molecular formula is C13H8ClFN4O. The van der Waals surface area contributed by atoms with Gasteiger partial charge in [-0.1, -0.05) is 11.6 Å². The molecule has 1 aromatic heterocycles. The van der Waals surface area contributed by atoms with Crippen LogP contribution in [0.3, 0.4) is 0 Å². The summed E-state index contributed by atoms with van der Waals surface area (Å²) in [5.41, 5.74) is 0.492. The molecule has 0 aliphatic heterocycles. The van der Waals surface area contributed by atoms with E-state index < -0.39 is 5.82 Å². The van der Waals surface area contributed by atoms with Crippen LogP contribution in [0.4, 0.5) is 15.9 Å². The minimum Gasteiger partial charge on any atom is -0.338 e. The Kier molecular flexibility index (Phi) is 3.91. The minimum absolute atomic E-state index is 0.00983. The number of carbonyl (C=O) groups is 1. The Labute approximate surface area is 119 Å². The van der Waals surface area contributed by atoms with Crippen molar-refractivity contribution in [1.29, 1.82) is 5.26 Å². The molecule has 0 radical (unpaired) electrons. The molecule has 0 aliphatic carbocycles. The van der Waals surface area contributed by atoms with Crippen LogP contribution in [0, 0.1) is 24.1 Å². The van der Waals surface area contributed by atoms with E-state index >= 15 is 0 Å². The topological polar surface area (TPSA) is 78.7 Å². The molecule has 2 rings (SSSR count). The number of aryl methyl sites for hydroxylation is 1. The third kappa shape index (κ3) is 2.73. The van der Waals surface area contributed by atoms with Crippen LogP contribution in [0.15, 0.2) is 18.2 Å². The second-order valence-corrected chi connectivity index (χ2v) is 4.23. The van der Waals surface area contributed by atoms with Crippen molar-refractivity contribution < 1.29 is 9.18 Å². The second kappa shape index (κ2) is 5.63. The Balaban J connectivity index is 2.50. The summed E-state index contributed by atoms with van der Waals surface area (Å²) in [4.78, 5) is 18.9. The van der Waals surface area contributed by atoms with Crippen molar-refractivity contribution in [3.63, 3.8) is 0 Å². The van der Waals surface area contributed by atoms with E-state index in [1.165, 1.54) is 12.1 Å². The number of nitrogens with zero attached hydrogens (tertiary/aromatic N) is 3. The minimum atomic E-state index is -0.528. The monoisotopic (exact) mass is 290 g/mol. The largest absolute Gasteiger partial charge is 0.338 e. The van der Waals surface area contributed by atoms with Crippen molar-refractivity contribution in [1.82, 2.24) is 9.97 Å². The Hall–Kier alpha value is -2.52. The number of nitriles is 1. The summed E-state index contributed by atoms with van der Waals surface area (Å²) in [5.74, 6) is 0.00365. The van der Waals surface area contributed by atoms with Gasteiger partial charge in [-0.2, -0.15) is 5.26 Å². The second-order valence-electron chi connectivity index (χ2n) is 3.87. The highest BCUT2D eigenvalue weighted by Gasteiger charge is 2.13. The van der Waals surface area contributed by atoms with Crippen LogP contribution < -0.4 is 5.32 Å². The maximum Gasteiger partial charge on any atom is 0.156 e. The summed E-state index contributed by atoms with van der Waals surface area (Å²) in [6.07, 6.45) is 0.514. The van der Waals surface area contributed by atoms with E-state index in [-0.39, 0.29) is 22.1 Å². The van der Waals surface area contributed by atoms with Gasteiger partial charge in [-0.15, -0.1) is 0 Å². The molecule has 0 spiro atoms. The molecule has 0 saturated carbocycles. The molecule has 5 nitrogen and oxygen atoms in total. The molecule has 0 bridgehead atoms. The number of aromatic nitrogens is 2. The number of halogens is 2. The Morgan fingerprint density at radius 3 is 2.85 bits per heavy atom. The van der Waals surface area contributed by atoms with E-state index in [0.717, 1.165) is 6.07 Å². The van der Waals surface area contributed by atoms with Crippen molar-refractivity contribution in [2.24, 2.45) is 0 Å². The first-order valence-corrected chi connectivity index (χ1v) is 5.89. The number of anilines is 2. The van der Waals surface area contributed by atoms with Gasteiger partial charge in [-0.3, -0.25) is 4.79 Å². The van der Waals surface area contributed by atoms with Gasteiger partial charge in [0.05, 0.1) is 16.8 Å². The third-order valence-electron chi connectivity index (χ3n) is 2.48. The fourth-order valence-electron chi connectivity index (χ4n) is 1.59. The summed E-state index contributed by atoms with van der Waals surface area (Å²) < 4.78 is 13.1. The normalized spacial score (nSPS) is 9.90. The van der Waals surface area contributed by atoms with E-state index in [4.69, 9.17) is 16.9 Å². The number of nitrogens with one attached hydrogen (secondary N) is 1. The van der Waals surface area contributed by atoms with E-state index in [0.29, 0.717) is 17.8 Å². The maximum atomic E-state index is 13.1. The fraction of sp³-hybridized carbons (Fsp3) is 0.0769. The summed E-state index contributed by atoms with van der Waals surface area (Å²) in [6, 6.07) is 5.51. The smallest absolute Gasteiger partial charge is 0.156 e. The highest BCUT2D eigenvalue weighted by atomic mass is 35.5. The van der Waals surface area contributed by atoms with Crippen LogP contribution in [0.5, 0.6) is 0 Å². The molecule has 100 valence electrons. The predicted octanol–water partition coefficient (Wildman–Crippen LogP) is 3.01. The Morgan fingerprint density at radius 2 is 2.20 bits per heavy atom. The van der Waals surface area contributed by atoms with Crippen molar-refractivity contribution in [2.75, 3.05) is 5.32 Å². The van der Waals surface area contributed by atoms with Gasteiger partial charge in [-0.05, 0) is 25.1 Å². The van der Waals surface area contributed by atoms with Crippen molar-refractivity contribution in [2.45, 2.75) is 6.92 Å². The van der Waals surface area contributed by atoms with Crippen LogP contribution in [-0.2, 0) is 0 Å². The molecule has 1 aromatic carbocycles. The first-order valence-electron chi connectivity index (χ1n) is 5.51. The zero-order valence-electron chi connectivity index (χ0n) is 10.3. The molecule has 0 aliphatic rings. The maximum absolute atomic E-state index is 13.1. The standard InChI is InChI=1S/C13H8ClFN4O/c1-7-17-12(14)10(6-20)13(18-7)19-11-3-2-9(15)4-8(11)5-16/h2-4,6H,1H3,(H,17,18,19). The zero-order chi connectivity index (χ0) is 14.7. The van der Waals surface area contributed by atoms with Gasteiger partial charge in [-0.25, -0.2) is 14.4 Å². The molecule has 20 heavy (non-hydrogen) atoms. The first-order chi connectivity index (χ1) is 9.55. The van der Waals surface area contributed by atoms with E-state index in [9.17, 15) is 9.18 Å². The summed E-state index contributed by atoms with van der Waals surface area (Å²) in [5, 5.41) is 11.8. The van der Waals surface area contributed by atoms with Crippen molar-refractivity contribution in [3.05, 3.63) is 46.1 Å². The van der Waals surface area contributed by atoms with Crippen LogP contribution in [0.25, 0.3) is 0 Å². The van der Waals surface area contributed by atoms with Gasteiger partial charge in [0.25, 0.3) is 0 Å². The number of hydrogen-bond acceptors (Lipinski definition) is 5. The number of hydrogen-bond donors (Lipinski definition) is 1. The number of benzene rings is 1. The van der Waals surface area contributed by atoms with Crippen LogP contribution in [0.2, 0.25) is 5.15 Å². The highest BCUT2D eigenvalue weighted by molar-refractivity contribution is 6.32. The summed E-state index contributed by atoms with van der Waals surface area (Å²) in [7, 11) is 0. The summed E-state index contributed by atoms with van der Waals surface area (Å²) >= 11 is 5.85. The molecule has 2 aromatic rings.